The lowest BCUT2D eigenvalue weighted by atomic mass is 10.1. The van der Waals surface area contributed by atoms with E-state index >= 15 is 0 Å². The zero-order valence-electron chi connectivity index (χ0n) is 11.5. The van der Waals surface area contributed by atoms with E-state index in [-0.39, 0.29) is 0 Å². The van der Waals surface area contributed by atoms with Gasteiger partial charge in [0.1, 0.15) is 0 Å². The molecule has 1 aromatic heterocycles. The fraction of sp³-hybridized carbons (Fsp3) is 0.750. The van der Waals surface area contributed by atoms with Crippen molar-refractivity contribution in [1.29, 1.82) is 0 Å². The molecule has 0 spiro atoms. The van der Waals surface area contributed by atoms with Gasteiger partial charge in [0.05, 0.1) is 10.9 Å². The molecule has 0 aliphatic carbocycles. The standard InChI is InChI=1S/C12H23N3O2S/c1-5-9(2)15-7-6-11(14-15)8-12(13)10(3)18(4,16)17/h6-7,9-10,12H,5,8,13H2,1-4H3. The van der Waals surface area contributed by atoms with E-state index in [0.717, 1.165) is 12.1 Å². The van der Waals surface area contributed by atoms with Crippen LogP contribution in [0.15, 0.2) is 12.3 Å². The van der Waals surface area contributed by atoms with Crippen LogP contribution in [0.2, 0.25) is 0 Å². The van der Waals surface area contributed by atoms with Gasteiger partial charge in [0.25, 0.3) is 0 Å². The molecule has 1 heterocycles. The van der Waals surface area contributed by atoms with Crippen LogP contribution in [0.5, 0.6) is 0 Å². The maximum atomic E-state index is 11.4. The monoisotopic (exact) mass is 273 g/mol. The lowest BCUT2D eigenvalue weighted by Crippen LogP contribution is -2.39. The van der Waals surface area contributed by atoms with Gasteiger partial charge in [-0.05, 0) is 26.3 Å². The van der Waals surface area contributed by atoms with E-state index in [1.165, 1.54) is 6.26 Å². The second kappa shape index (κ2) is 5.84. The molecule has 6 heteroatoms. The molecule has 0 bridgehead atoms. The zero-order chi connectivity index (χ0) is 13.9. The first-order chi connectivity index (χ1) is 8.25. The normalized spacial score (nSPS) is 17.4. The maximum absolute atomic E-state index is 11.4. The van der Waals surface area contributed by atoms with Crippen LogP contribution in [0.4, 0.5) is 0 Å². The van der Waals surface area contributed by atoms with Gasteiger partial charge in [-0.25, -0.2) is 8.42 Å². The van der Waals surface area contributed by atoms with E-state index in [4.69, 9.17) is 5.73 Å². The largest absolute Gasteiger partial charge is 0.326 e. The first kappa shape index (κ1) is 15.2. The molecule has 3 atom stereocenters. The third-order valence-corrected chi connectivity index (χ3v) is 5.13. The third kappa shape index (κ3) is 3.81. The van der Waals surface area contributed by atoms with Gasteiger partial charge in [0.2, 0.25) is 0 Å². The fourth-order valence-corrected chi connectivity index (χ4v) is 2.38. The van der Waals surface area contributed by atoms with Crippen LogP contribution < -0.4 is 5.73 Å². The van der Waals surface area contributed by atoms with Crippen molar-refractivity contribution in [3.05, 3.63) is 18.0 Å². The Morgan fingerprint density at radius 2 is 2.06 bits per heavy atom. The first-order valence-electron chi connectivity index (χ1n) is 6.24. The van der Waals surface area contributed by atoms with Gasteiger partial charge in [0, 0.05) is 31.0 Å². The second-order valence-electron chi connectivity index (χ2n) is 4.95. The molecule has 5 nitrogen and oxygen atoms in total. The highest BCUT2D eigenvalue weighted by Crippen LogP contribution is 2.12. The van der Waals surface area contributed by atoms with Crippen LogP contribution in [0.3, 0.4) is 0 Å². The summed E-state index contributed by atoms with van der Waals surface area (Å²) >= 11 is 0. The average Bonchev–Trinajstić information content (AvgIpc) is 2.74. The van der Waals surface area contributed by atoms with Crippen LogP contribution in [0.25, 0.3) is 0 Å². The van der Waals surface area contributed by atoms with Gasteiger partial charge in [-0.2, -0.15) is 5.10 Å². The molecule has 104 valence electrons. The van der Waals surface area contributed by atoms with Crippen LogP contribution in [-0.2, 0) is 16.3 Å². The van der Waals surface area contributed by atoms with E-state index in [1.54, 1.807) is 6.92 Å². The summed E-state index contributed by atoms with van der Waals surface area (Å²) in [5, 5.41) is 3.88. The minimum atomic E-state index is -3.10. The number of sulfone groups is 1. The summed E-state index contributed by atoms with van der Waals surface area (Å²) in [6, 6.07) is 1.84. The van der Waals surface area contributed by atoms with Crippen molar-refractivity contribution in [3.8, 4) is 0 Å². The molecule has 3 unspecified atom stereocenters. The summed E-state index contributed by atoms with van der Waals surface area (Å²) in [6.07, 6.45) is 4.63. The number of aromatic nitrogens is 2. The van der Waals surface area contributed by atoms with E-state index in [9.17, 15) is 8.42 Å². The average molecular weight is 273 g/mol. The van der Waals surface area contributed by atoms with Crippen LogP contribution in [0, 0.1) is 0 Å². The van der Waals surface area contributed by atoms with Crippen LogP contribution >= 0.6 is 0 Å². The molecule has 18 heavy (non-hydrogen) atoms. The molecule has 0 saturated carbocycles. The summed E-state index contributed by atoms with van der Waals surface area (Å²) in [7, 11) is -3.10. The van der Waals surface area contributed by atoms with Crippen molar-refractivity contribution in [1.82, 2.24) is 9.78 Å². The van der Waals surface area contributed by atoms with Crippen molar-refractivity contribution >= 4 is 9.84 Å². The van der Waals surface area contributed by atoms with Gasteiger partial charge in [0.15, 0.2) is 9.84 Å². The summed E-state index contributed by atoms with van der Waals surface area (Å²) in [5.74, 6) is 0. The molecule has 0 fully saturated rings. The number of nitrogens with zero attached hydrogens (tertiary/aromatic N) is 2. The lowest BCUT2D eigenvalue weighted by molar-refractivity contribution is 0.470. The van der Waals surface area contributed by atoms with Crippen LogP contribution in [0.1, 0.15) is 38.9 Å². The van der Waals surface area contributed by atoms with Crippen molar-refractivity contribution < 1.29 is 8.42 Å². The molecule has 0 aromatic carbocycles. The quantitative estimate of drug-likeness (QED) is 0.843. The van der Waals surface area contributed by atoms with Crippen molar-refractivity contribution in [2.24, 2.45) is 5.73 Å². The number of nitrogens with two attached hydrogens (primary N) is 1. The number of hydrogen-bond donors (Lipinski definition) is 1. The first-order valence-corrected chi connectivity index (χ1v) is 8.19. The van der Waals surface area contributed by atoms with Gasteiger partial charge in [-0.15, -0.1) is 0 Å². The molecular weight excluding hydrogens is 250 g/mol. The van der Waals surface area contributed by atoms with Crippen LogP contribution in [-0.4, -0.2) is 35.7 Å². The Hall–Kier alpha value is -0.880. The summed E-state index contributed by atoms with van der Waals surface area (Å²) in [6.45, 7) is 5.84. The molecule has 1 aromatic rings. The number of rotatable bonds is 6. The Morgan fingerprint density at radius 1 is 1.44 bits per heavy atom. The second-order valence-corrected chi connectivity index (χ2v) is 7.35. The molecule has 0 aliphatic heterocycles. The molecule has 0 aliphatic rings. The summed E-state index contributed by atoms with van der Waals surface area (Å²) < 4.78 is 24.7. The molecule has 0 amide bonds. The van der Waals surface area contributed by atoms with E-state index < -0.39 is 21.1 Å². The Kier molecular flexibility index (Phi) is 4.92. The summed E-state index contributed by atoms with van der Waals surface area (Å²) in [4.78, 5) is 0. The van der Waals surface area contributed by atoms with Crippen molar-refractivity contribution in [2.75, 3.05) is 6.26 Å². The minimum absolute atomic E-state index is 0.349. The Bertz CT molecular complexity index is 481. The van der Waals surface area contributed by atoms with E-state index in [1.807, 2.05) is 16.9 Å². The molecule has 0 radical (unpaired) electrons. The highest BCUT2D eigenvalue weighted by molar-refractivity contribution is 7.91. The Labute approximate surface area is 109 Å². The third-order valence-electron chi connectivity index (χ3n) is 3.43. The van der Waals surface area contributed by atoms with Crippen molar-refractivity contribution in [2.45, 2.75) is 50.9 Å². The fourth-order valence-electron chi connectivity index (χ4n) is 1.64. The molecule has 2 N–H and O–H groups in total. The van der Waals surface area contributed by atoms with Gasteiger partial charge < -0.3 is 5.73 Å². The summed E-state index contributed by atoms with van der Waals surface area (Å²) in [5.41, 5.74) is 6.77. The van der Waals surface area contributed by atoms with E-state index in [0.29, 0.717) is 12.5 Å². The molecule has 1 rings (SSSR count). The molecular formula is C12H23N3O2S. The number of hydrogen-bond acceptors (Lipinski definition) is 4. The molecule has 0 saturated heterocycles. The smallest absolute Gasteiger partial charge is 0.151 e. The predicted molar refractivity (Wildman–Crippen MR) is 73.2 cm³/mol. The van der Waals surface area contributed by atoms with E-state index in [2.05, 4.69) is 18.9 Å². The van der Waals surface area contributed by atoms with Crippen molar-refractivity contribution in [3.63, 3.8) is 0 Å². The topological polar surface area (TPSA) is 78.0 Å². The van der Waals surface area contributed by atoms with Gasteiger partial charge in [-0.1, -0.05) is 6.92 Å². The minimum Gasteiger partial charge on any atom is -0.326 e. The zero-order valence-corrected chi connectivity index (χ0v) is 12.3. The SMILES string of the molecule is CCC(C)n1ccc(CC(N)C(C)S(C)(=O)=O)n1. The lowest BCUT2D eigenvalue weighted by Gasteiger charge is -2.17. The predicted octanol–water partition coefficient (Wildman–Crippen LogP) is 1.16. The Morgan fingerprint density at radius 3 is 2.56 bits per heavy atom. The van der Waals surface area contributed by atoms with Gasteiger partial charge in [-0.3, -0.25) is 4.68 Å². The van der Waals surface area contributed by atoms with Gasteiger partial charge >= 0.3 is 0 Å². The Balaban J connectivity index is 2.71. The highest BCUT2D eigenvalue weighted by atomic mass is 32.2. The highest BCUT2D eigenvalue weighted by Gasteiger charge is 2.23. The maximum Gasteiger partial charge on any atom is 0.151 e.